The molecule has 3 aromatic rings. The van der Waals surface area contributed by atoms with E-state index in [1.807, 2.05) is 0 Å². The summed E-state index contributed by atoms with van der Waals surface area (Å²) in [4.78, 5) is 38.7. The maximum atomic E-state index is 13.0. The van der Waals surface area contributed by atoms with Crippen LogP contribution in [0.5, 0.6) is 0 Å². The Morgan fingerprint density at radius 2 is 1.63 bits per heavy atom. The fraction of sp³-hybridized carbons (Fsp3) is 0.136. The Balaban J connectivity index is 1.53. The lowest BCUT2D eigenvalue weighted by Gasteiger charge is -2.11. The average Bonchev–Trinajstić information content (AvgIpc) is 3.23. The molecule has 0 fully saturated rings. The highest BCUT2D eigenvalue weighted by molar-refractivity contribution is 7.17. The van der Waals surface area contributed by atoms with Crippen molar-refractivity contribution in [3.8, 4) is 10.4 Å². The van der Waals surface area contributed by atoms with Crippen LogP contribution < -0.4 is 5.32 Å². The van der Waals surface area contributed by atoms with E-state index in [-0.39, 0.29) is 11.7 Å². The Bertz CT molecular complexity index is 1060. The zero-order valence-corrected chi connectivity index (χ0v) is 17.2. The molecule has 0 aliphatic rings. The Labute approximate surface area is 176 Å². The highest BCUT2D eigenvalue weighted by Gasteiger charge is 2.14. The molecule has 30 heavy (non-hydrogen) atoms. The van der Waals surface area contributed by atoms with Gasteiger partial charge in [0.25, 0.3) is 11.8 Å². The molecule has 0 unspecified atom stereocenters. The van der Waals surface area contributed by atoms with Gasteiger partial charge in [-0.1, -0.05) is 12.1 Å². The summed E-state index contributed by atoms with van der Waals surface area (Å²) in [6.07, 6.45) is 0. The van der Waals surface area contributed by atoms with Crippen LogP contribution in [0.15, 0.2) is 60.7 Å². The molecule has 0 saturated heterocycles. The van der Waals surface area contributed by atoms with Crippen molar-refractivity contribution in [1.29, 1.82) is 0 Å². The summed E-state index contributed by atoms with van der Waals surface area (Å²) in [5.74, 6) is -1.58. The van der Waals surface area contributed by atoms with Gasteiger partial charge in [-0.15, -0.1) is 11.3 Å². The molecule has 0 aliphatic carbocycles. The van der Waals surface area contributed by atoms with Crippen molar-refractivity contribution in [2.75, 3.05) is 26.0 Å². The number of hydrogen-bond acceptors (Lipinski definition) is 5. The number of halogens is 1. The molecule has 8 heteroatoms. The number of ether oxygens (including phenoxy) is 1. The third-order valence-electron chi connectivity index (χ3n) is 4.09. The smallest absolute Gasteiger partial charge is 0.348 e. The first kappa shape index (κ1) is 21.2. The van der Waals surface area contributed by atoms with Gasteiger partial charge in [-0.05, 0) is 54.1 Å². The third-order valence-corrected chi connectivity index (χ3v) is 5.21. The number of thiophene rings is 1. The number of carbonyl (C=O) groups is 3. The number of benzene rings is 2. The molecule has 0 bridgehead atoms. The van der Waals surface area contributed by atoms with E-state index in [1.165, 1.54) is 28.4 Å². The molecule has 154 valence electrons. The number of nitrogens with one attached hydrogen (secondary N) is 1. The van der Waals surface area contributed by atoms with Gasteiger partial charge in [0.2, 0.25) is 0 Å². The van der Waals surface area contributed by atoms with Crippen molar-refractivity contribution in [2.45, 2.75) is 0 Å². The summed E-state index contributed by atoms with van der Waals surface area (Å²) in [5, 5.41) is 2.61. The van der Waals surface area contributed by atoms with Gasteiger partial charge in [0.15, 0.2) is 6.61 Å². The summed E-state index contributed by atoms with van der Waals surface area (Å²) < 4.78 is 18.1. The Morgan fingerprint density at radius 1 is 0.967 bits per heavy atom. The summed E-state index contributed by atoms with van der Waals surface area (Å²) in [5.41, 5.74) is 1.77. The number of carbonyl (C=O) groups excluding carboxylic acids is 3. The Morgan fingerprint density at radius 3 is 2.27 bits per heavy atom. The monoisotopic (exact) mass is 426 g/mol. The number of rotatable bonds is 6. The maximum absolute atomic E-state index is 13.0. The molecule has 2 aromatic carbocycles. The molecule has 6 nitrogen and oxygen atoms in total. The van der Waals surface area contributed by atoms with E-state index >= 15 is 0 Å². The van der Waals surface area contributed by atoms with Gasteiger partial charge in [-0.3, -0.25) is 9.59 Å². The van der Waals surface area contributed by atoms with E-state index in [0.29, 0.717) is 16.1 Å². The van der Waals surface area contributed by atoms with Gasteiger partial charge in [0.1, 0.15) is 10.7 Å². The lowest BCUT2D eigenvalue weighted by molar-refractivity contribution is -0.119. The van der Waals surface area contributed by atoms with Crippen molar-refractivity contribution in [3.63, 3.8) is 0 Å². The molecule has 3 rings (SSSR count). The van der Waals surface area contributed by atoms with E-state index in [2.05, 4.69) is 5.32 Å². The number of amides is 2. The molecule has 1 aromatic heterocycles. The van der Waals surface area contributed by atoms with Gasteiger partial charge >= 0.3 is 5.97 Å². The second kappa shape index (κ2) is 9.32. The van der Waals surface area contributed by atoms with Crippen LogP contribution in [-0.4, -0.2) is 43.4 Å². The van der Waals surface area contributed by atoms with Gasteiger partial charge in [-0.2, -0.15) is 0 Å². The van der Waals surface area contributed by atoms with Crippen molar-refractivity contribution in [2.24, 2.45) is 0 Å². The minimum Gasteiger partial charge on any atom is -0.451 e. The number of hydrogen-bond donors (Lipinski definition) is 1. The molecular formula is C22H19FN2O4S. The summed E-state index contributed by atoms with van der Waals surface area (Å²) in [6.45, 7) is -0.443. The van der Waals surface area contributed by atoms with Crippen LogP contribution in [0.2, 0.25) is 0 Å². The van der Waals surface area contributed by atoms with Crippen LogP contribution in [0, 0.1) is 5.82 Å². The number of nitrogens with zero attached hydrogens (tertiary/aromatic N) is 1. The lowest BCUT2D eigenvalue weighted by Crippen LogP contribution is -2.22. The van der Waals surface area contributed by atoms with Crippen LogP contribution in [0.25, 0.3) is 10.4 Å². The second-order valence-corrected chi connectivity index (χ2v) is 7.66. The zero-order valence-electron chi connectivity index (χ0n) is 16.3. The Kier molecular flexibility index (Phi) is 6.58. The van der Waals surface area contributed by atoms with Crippen LogP contribution in [-0.2, 0) is 9.53 Å². The van der Waals surface area contributed by atoms with Gasteiger partial charge < -0.3 is 15.0 Å². The number of anilines is 1. The predicted octanol–water partition coefficient (Wildman–Crippen LogP) is 4.05. The first-order valence-electron chi connectivity index (χ1n) is 8.98. The summed E-state index contributed by atoms with van der Waals surface area (Å²) in [6, 6.07) is 15.7. The summed E-state index contributed by atoms with van der Waals surface area (Å²) >= 11 is 1.20. The largest absolute Gasteiger partial charge is 0.451 e. The van der Waals surface area contributed by atoms with Gasteiger partial charge in [-0.25, -0.2) is 9.18 Å². The van der Waals surface area contributed by atoms with Crippen molar-refractivity contribution in [3.05, 3.63) is 76.9 Å². The van der Waals surface area contributed by atoms with Gasteiger partial charge in [0.05, 0.1) is 0 Å². The molecule has 2 amide bonds. The molecule has 0 saturated carbocycles. The Hall–Kier alpha value is -3.52. The molecule has 0 radical (unpaired) electrons. The predicted molar refractivity (Wildman–Crippen MR) is 113 cm³/mol. The normalized spacial score (nSPS) is 10.4. The van der Waals surface area contributed by atoms with Crippen LogP contribution in [0.4, 0.5) is 10.1 Å². The maximum Gasteiger partial charge on any atom is 0.348 e. The minimum atomic E-state index is -0.615. The van der Waals surface area contributed by atoms with Crippen LogP contribution >= 0.6 is 11.3 Å². The minimum absolute atomic E-state index is 0.141. The average molecular weight is 426 g/mol. The molecule has 0 spiro atoms. The third kappa shape index (κ3) is 5.30. The fourth-order valence-electron chi connectivity index (χ4n) is 2.57. The molecule has 1 N–H and O–H groups in total. The van der Waals surface area contributed by atoms with Gasteiger partial charge in [0, 0.05) is 30.2 Å². The molecule has 0 aliphatic heterocycles. The van der Waals surface area contributed by atoms with Crippen molar-refractivity contribution >= 4 is 34.8 Å². The lowest BCUT2D eigenvalue weighted by atomic mass is 10.2. The SMILES string of the molecule is CN(C)C(=O)c1ccc(NC(=O)COC(=O)c2ccc(-c3ccc(F)cc3)s2)cc1. The van der Waals surface area contributed by atoms with E-state index in [9.17, 15) is 18.8 Å². The van der Waals surface area contributed by atoms with Crippen molar-refractivity contribution in [1.82, 2.24) is 4.90 Å². The highest BCUT2D eigenvalue weighted by atomic mass is 32.1. The van der Waals surface area contributed by atoms with Crippen LogP contribution in [0.3, 0.4) is 0 Å². The van der Waals surface area contributed by atoms with E-state index in [1.54, 1.807) is 62.6 Å². The van der Waals surface area contributed by atoms with Crippen LogP contribution in [0.1, 0.15) is 20.0 Å². The standard InChI is InChI=1S/C22H19FN2O4S/c1-25(2)21(27)15-5-9-17(10-6-15)24-20(26)13-29-22(28)19-12-11-18(30-19)14-3-7-16(23)8-4-14/h3-12H,13H2,1-2H3,(H,24,26). The topological polar surface area (TPSA) is 75.7 Å². The zero-order chi connectivity index (χ0) is 21.7. The first-order valence-corrected chi connectivity index (χ1v) is 9.79. The van der Waals surface area contributed by atoms with E-state index < -0.39 is 18.5 Å². The van der Waals surface area contributed by atoms with E-state index in [4.69, 9.17) is 4.74 Å². The molecular weight excluding hydrogens is 407 g/mol. The number of esters is 1. The second-order valence-electron chi connectivity index (χ2n) is 6.57. The highest BCUT2D eigenvalue weighted by Crippen LogP contribution is 2.28. The quantitative estimate of drug-likeness (QED) is 0.604. The summed E-state index contributed by atoms with van der Waals surface area (Å²) in [7, 11) is 3.31. The van der Waals surface area contributed by atoms with Crippen molar-refractivity contribution < 1.29 is 23.5 Å². The fourth-order valence-corrected chi connectivity index (χ4v) is 3.48. The molecule has 1 heterocycles. The van der Waals surface area contributed by atoms with E-state index in [0.717, 1.165) is 10.4 Å². The molecule has 0 atom stereocenters. The first-order chi connectivity index (χ1) is 14.3.